The van der Waals surface area contributed by atoms with Gasteiger partial charge in [-0.1, -0.05) is 54.6 Å². The zero-order valence-corrected chi connectivity index (χ0v) is 15.1. The summed E-state index contributed by atoms with van der Waals surface area (Å²) in [5.41, 5.74) is 6.05. The highest BCUT2D eigenvalue weighted by atomic mass is 15.0. The van der Waals surface area contributed by atoms with E-state index in [0.717, 1.165) is 44.9 Å². The molecule has 0 amide bonds. The standard InChI is InChI=1S/C24H18N4/c1-3-8-17(9-4-1)18-14-20-21(16-26-24(20)25-15-18)22-12-7-13-23(28-22)27-19-10-5-2-6-11-19/h1-16H,(H,25,26)(H,27,28). The van der Waals surface area contributed by atoms with Crippen molar-refractivity contribution >= 4 is 22.5 Å². The minimum absolute atomic E-state index is 0.810. The van der Waals surface area contributed by atoms with Gasteiger partial charge in [0.2, 0.25) is 0 Å². The number of H-pyrrole nitrogens is 1. The van der Waals surface area contributed by atoms with Crippen LogP contribution in [0.2, 0.25) is 0 Å². The highest BCUT2D eigenvalue weighted by Gasteiger charge is 2.11. The maximum absolute atomic E-state index is 4.80. The molecule has 3 aromatic heterocycles. The Balaban J connectivity index is 1.55. The second kappa shape index (κ2) is 7.00. The fraction of sp³-hybridized carbons (Fsp3) is 0. The average Bonchev–Trinajstić information content (AvgIpc) is 3.19. The summed E-state index contributed by atoms with van der Waals surface area (Å²) in [7, 11) is 0. The number of nitrogens with one attached hydrogen (secondary N) is 2. The molecule has 0 bridgehead atoms. The largest absolute Gasteiger partial charge is 0.345 e. The molecule has 0 aliphatic heterocycles. The first-order valence-corrected chi connectivity index (χ1v) is 9.19. The summed E-state index contributed by atoms with van der Waals surface area (Å²) in [5, 5.41) is 4.42. The number of anilines is 2. The van der Waals surface area contributed by atoms with Gasteiger partial charge in [-0.2, -0.15) is 0 Å². The number of fused-ring (bicyclic) bond motifs is 1. The Kier molecular flexibility index (Phi) is 4.07. The van der Waals surface area contributed by atoms with Crippen LogP contribution in [0.4, 0.5) is 11.5 Å². The SMILES string of the molecule is c1ccc(Nc2cccc(-c3c[nH]c4ncc(-c5ccccc5)cc34)n2)cc1. The van der Waals surface area contributed by atoms with E-state index in [1.165, 1.54) is 0 Å². The van der Waals surface area contributed by atoms with Crippen molar-refractivity contribution in [2.24, 2.45) is 0 Å². The van der Waals surface area contributed by atoms with E-state index in [2.05, 4.69) is 33.5 Å². The average molecular weight is 362 g/mol. The van der Waals surface area contributed by atoms with E-state index in [9.17, 15) is 0 Å². The minimum Gasteiger partial charge on any atom is -0.345 e. The molecule has 2 aromatic carbocycles. The first-order chi connectivity index (χ1) is 13.9. The molecule has 0 saturated carbocycles. The van der Waals surface area contributed by atoms with Crippen LogP contribution in [-0.4, -0.2) is 15.0 Å². The molecular formula is C24H18N4. The molecule has 134 valence electrons. The molecule has 4 nitrogen and oxygen atoms in total. The molecule has 5 aromatic rings. The Labute approximate surface area is 162 Å². The van der Waals surface area contributed by atoms with E-state index in [0.29, 0.717) is 0 Å². The number of aromatic amines is 1. The van der Waals surface area contributed by atoms with Crippen molar-refractivity contribution in [3.05, 3.63) is 97.3 Å². The fourth-order valence-corrected chi connectivity index (χ4v) is 3.33. The predicted octanol–water partition coefficient (Wildman–Crippen LogP) is 6.04. The number of hydrogen-bond acceptors (Lipinski definition) is 3. The predicted molar refractivity (Wildman–Crippen MR) is 114 cm³/mol. The van der Waals surface area contributed by atoms with Crippen LogP contribution in [0.1, 0.15) is 0 Å². The van der Waals surface area contributed by atoms with Crippen molar-refractivity contribution in [3.63, 3.8) is 0 Å². The Morgan fingerprint density at radius 1 is 0.750 bits per heavy atom. The van der Waals surface area contributed by atoms with Gasteiger partial charge in [0.25, 0.3) is 0 Å². The topological polar surface area (TPSA) is 53.6 Å². The molecule has 5 rings (SSSR count). The van der Waals surface area contributed by atoms with Gasteiger partial charge in [0.1, 0.15) is 11.5 Å². The highest BCUT2D eigenvalue weighted by molar-refractivity contribution is 5.95. The van der Waals surface area contributed by atoms with Gasteiger partial charge >= 0.3 is 0 Å². The van der Waals surface area contributed by atoms with E-state index in [4.69, 9.17) is 4.98 Å². The summed E-state index contributed by atoms with van der Waals surface area (Å²) in [6.45, 7) is 0. The molecule has 0 aliphatic rings. The fourth-order valence-electron chi connectivity index (χ4n) is 3.33. The molecule has 0 fully saturated rings. The van der Waals surface area contributed by atoms with Gasteiger partial charge in [-0.15, -0.1) is 0 Å². The van der Waals surface area contributed by atoms with Crippen LogP contribution < -0.4 is 5.32 Å². The molecular weight excluding hydrogens is 344 g/mol. The van der Waals surface area contributed by atoms with Gasteiger partial charge in [-0.05, 0) is 35.9 Å². The van der Waals surface area contributed by atoms with E-state index >= 15 is 0 Å². The molecule has 0 atom stereocenters. The van der Waals surface area contributed by atoms with Crippen LogP contribution in [-0.2, 0) is 0 Å². The first-order valence-electron chi connectivity index (χ1n) is 9.19. The summed E-state index contributed by atoms with van der Waals surface area (Å²) in [6, 6.07) is 28.5. The van der Waals surface area contributed by atoms with Crippen LogP contribution in [0.25, 0.3) is 33.4 Å². The van der Waals surface area contributed by atoms with Crippen molar-refractivity contribution in [2.45, 2.75) is 0 Å². The Hall–Kier alpha value is -3.92. The summed E-state index contributed by atoms with van der Waals surface area (Å²) < 4.78 is 0. The molecule has 0 radical (unpaired) electrons. The molecule has 0 aliphatic carbocycles. The summed E-state index contributed by atoms with van der Waals surface area (Å²) >= 11 is 0. The minimum atomic E-state index is 0.810. The van der Waals surface area contributed by atoms with Gasteiger partial charge in [0.05, 0.1) is 5.69 Å². The lowest BCUT2D eigenvalue weighted by Crippen LogP contribution is -1.94. The normalized spacial score (nSPS) is 10.9. The molecule has 28 heavy (non-hydrogen) atoms. The van der Waals surface area contributed by atoms with Gasteiger partial charge in [-0.25, -0.2) is 9.97 Å². The molecule has 0 spiro atoms. The maximum Gasteiger partial charge on any atom is 0.137 e. The monoisotopic (exact) mass is 362 g/mol. The van der Waals surface area contributed by atoms with E-state index in [1.54, 1.807) is 0 Å². The lowest BCUT2D eigenvalue weighted by molar-refractivity contribution is 1.30. The van der Waals surface area contributed by atoms with Crippen molar-refractivity contribution in [2.75, 3.05) is 5.32 Å². The van der Waals surface area contributed by atoms with Gasteiger partial charge in [0.15, 0.2) is 0 Å². The third-order valence-electron chi connectivity index (χ3n) is 4.71. The molecule has 3 heterocycles. The molecule has 4 heteroatoms. The Bertz CT molecular complexity index is 1230. The van der Waals surface area contributed by atoms with E-state index in [-0.39, 0.29) is 0 Å². The third kappa shape index (κ3) is 3.12. The Morgan fingerprint density at radius 2 is 1.54 bits per heavy atom. The van der Waals surface area contributed by atoms with Crippen LogP contribution in [0.5, 0.6) is 0 Å². The summed E-state index contributed by atoms with van der Waals surface area (Å²) in [4.78, 5) is 12.7. The number of para-hydroxylation sites is 1. The van der Waals surface area contributed by atoms with Crippen LogP contribution in [0.15, 0.2) is 97.3 Å². The van der Waals surface area contributed by atoms with Crippen LogP contribution in [0.3, 0.4) is 0 Å². The van der Waals surface area contributed by atoms with E-state index < -0.39 is 0 Å². The summed E-state index contributed by atoms with van der Waals surface area (Å²) in [5.74, 6) is 0.810. The first kappa shape index (κ1) is 16.3. The Morgan fingerprint density at radius 3 is 2.36 bits per heavy atom. The number of aromatic nitrogens is 3. The smallest absolute Gasteiger partial charge is 0.137 e. The van der Waals surface area contributed by atoms with Crippen molar-refractivity contribution in [3.8, 4) is 22.4 Å². The number of nitrogens with zero attached hydrogens (tertiary/aromatic N) is 2. The van der Waals surface area contributed by atoms with Crippen molar-refractivity contribution in [1.82, 2.24) is 15.0 Å². The second-order valence-corrected chi connectivity index (χ2v) is 6.59. The third-order valence-corrected chi connectivity index (χ3v) is 4.71. The van der Waals surface area contributed by atoms with Crippen LogP contribution >= 0.6 is 0 Å². The molecule has 0 saturated heterocycles. The van der Waals surface area contributed by atoms with Crippen molar-refractivity contribution in [1.29, 1.82) is 0 Å². The molecule has 0 unspecified atom stereocenters. The number of rotatable bonds is 4. The second-order valence-electron chi connectivity index (χ2n) is 6.59. The van der Waals surface area contributed by atoms with Crippen molar-refractivity contribution < 1.29 is 0 Å². The zero-order chi connectivity index (χ0) is 18.8. The molecule has 2 N–H and O–H groups in total. The lowest BCUT2D eigenvalue weighted by Gasteiger charge is -2.07. The highest BCUT2D eigenvalue weighted by Crippen LogP contribution is 2.30. The zero-order valence-electron chi connectivity index (χ0n) is 15.1. The van der Waals surface area contributed by atoms with Gasteiger partial charge in [-0.3, -0.25) is 0 Å². The van der Waals surface area contributed by atoms with Gasteiger partial charge < -0.3 is 10.3 Å². The number of pyridine rings is 2. The summed E-state index contributed by atoms with van der Waals surface area (Å²) in [6.07, 6.45) is 3.87. The maximum atomic E-state index is 4.80. The number of benzene rings is 2. The van der Waals surface area contributed by atoms with E-state index in [1.807, 2.05) is 79.1 Å². The number of hydrogen-bond donors (Lipinski definition) is 2. The van der Waals surface area contributed by atoms with Gasteiger partial charge in [0, 0.05) is 34.6 Å². The lowest BCUT2D eigenvalue weighted by atomic mass is 10.0. The van der Waals surface area contributed by atoms with Crippen LogP contribution in [0, 0.1) is 0 Å². The quantitative estimate of drug-likeness (QED) is 0.410.